The lowest BCUT2D eigenvalue weighted by Gasteiger charge is -2.42. The van der Waals surface area contributed by atoms with Crippen LogP contribution in [0.1, 0.15) is 53.4 Å². The molecule has 0 heterocycles. The van der Waals surface area contributed by atoms with E-state index in [1.807, 2.05) is 13.8 Å². The van der Waals surface area contributed by atoms with E-state index in [2.05, 4.69) is 13.8 Å². The molecule has 0 bridgehead atoms. The van der Waals surface area contributed by atoms with Crippen LogP contribution in [0.3, 0.4) is 0 Å². The van der Waals surface area contributed by atoms with Gasteiger partial charge in [-0.3, -0.25) is 4.79 Å². The maximum Gasteiger partial charge on any atom is 0.321 e. The first-order valence-electron chi connectivity index (χ1n) is 6.75. The van der Waals surface area contributed by atoms with Gasteiger partial charge in [-0.1, -0.05) is 27.7 Å². The van der Waals surface area contributed by atoms with Gasteiger partial charge in [0.15, 0.2) is 0 Å². The molecule has 1 atom stereocenters. The Bertz CT molecular complexity index is 265. The fraction of sp³-hybridized carbons (Fsp3) is 0.929. The predicted molar refractivity (Wildman–Crippen MR) is 69.7 cm³/mol. The molecule has 17 heavy (non-hydrogen) atoms. The van der Waals surface area contributed by atoms with Crippen LogP contribution in [0.2, 0.25) is 0 Å². The van der Waals surface area contributed by atoms with Crippen molar-refractivity contribution in [3.8, 4) is 0 Å². The summed E-state index contributed by atoms with van der Waals surface area (Å²) in [6.45, 7) is 8.57. The molecule has 0 spiro atoms. The summed E-state index contributed by atoms with van der Waals surface area (Å²) in [5.74, 6) is 1.12. The minimum Gasteiger partial charge on any atom is -0.480 e. The van der Waals surface area contributed by atoms with Gasteiger partial charge in [-0.15, -0.1) is 0 Å². The Labute approximate surface area is 105 Å². The predicted octanol–water partition coefficient (Wildman–Crippen LogP) is 2.89. The lowest BCUT2D eigenvalue weighted by molar-refractivity contribution is -0.142. The minimum absolute atomic E-state index is 0.298. The van der Waals surface area contributed by atoms with Crippen LogP contribution in [-0.4, -0.2) is 17.1 Å². The third-order valence-electron chi connectivity index (χ3n) is 4.83. The van der Waals surface area contributed by atoms with Crippen molar-refractivity contribution in [1.29, 1.82) is 0 Å². The molecule has 0 aromatic carbocycles. The number of rotatable bonds is 4. The molecule has 1 unspecified atom stereocenters. The lowest BCUT2D eigenvalue weighted by Crippen LogP contribution is -2.49. The molecule has 1 saturated carbocycles. The van der Waals surface area contributed by atoms with Crippen molar-refractivity contribution in [3.63, 3.8) is 0 Å². The smallest absolute Gasteiger partial charge is 0.321 e. The molecule has 1 rings (SSSR count). The van der Waals surface area contributed by atoms with Crippen molar-refractivity contribution in [3.05, 3.63) is 0 Å². The Kier molecular flexibility index (Phi) is 4.59. The van der Waals surface area contributed by atoms with Gasteiger partial charge in [-0.05, 0) is 48.9 Å². The number of hydrogen-bond acceptors (Lipinski definition) is 2. The van der Waals surface area contributed by atoms with Crippen molar-refractivity contribution in [1.82, 2.24) is 0 Å². The highest BCUT2D eigenvalue weighted by atomic mass is 16.4. The van der Waals surface area contributed by atoms with E-state index >= 15 is 0 Å². The van der Waals surface area contributed by atoms with Gasteiger partial charge >= 0.3 is 5.97 Å². The van der Waals surface area contributed by atoms with Crippen LogP contribution in [0.5, 0.6) is 0 Å². The molecule has 0 aromatic rings. The average molecular weight is 241 g/mol. The maximum atomic E-state index is 11.0. The topological polar surface area (TPSA) is 63.3 Å². The van der Waals surface area contributed by atoms with E-state index in [-0.39, 0.29) is 5.41 Å². The molecule has 1 aliphatic rings. The summed E-state index contributed by atoms with van der Waals surface area (Å²) in [5, 5.41) is 9.06. The second-order valence-electron chi connectivity index (χ2n) is 6.49. The van der Waals surface area contributed by atoms with E-state index in [4.69, 9.17) is 10.8 Å². The van der Waals surface area contributed by atoms with Crippen LogP contribution in [0.15, 0.2) is 0 Å². The highest BCUT2D eigenvalue weighted by Gasteiger charge is 2.40. The molecular formula is C14H27NO2. The molecule has 1 aliphatic carbocycles. The number of aliphatic carboxylic acids is 1. The number of carboxylic acids is 1. The van der Waals surface area contributed by atoms with E-state index in [1.165, 1.54) is 12.8 Å². The Balaban J connectivity index is 2.61. The van der Waals surface area contributed by atoms with Crippen LogP contribution in [0, 0.1) is 23.2 Å². The summed E-state index contributed by atoms with van der Waals surface area (Å²) in [6.07, 6.45) is 4.68. The first kappa shape index (κ1) is 14.5. The Morgan fingerprint density at radius 2 is 1.71 bits per heavy atom. The van der Waals surface area contributed by atoms with E-state index in [1.54, 1.807) is 0 Å². The second-order valence-corrected chi connectivity index (χ2v) is 6.49. The zero-order valence-electron chi connectivity index (χ0n) is 11.6. The summed E-state index contributed by atoms with van der Waals surface area (Å²) in [4.78, 5) is 11.0. The molecule has 1 fully saturated rings. The van der Waals surface area contributed by atoms with Gasteiger partial charge in [0.1, 0.15) is 6.04 Å². The van der Waals surface area contributed by atoms with E-state index < -0.39 is 12.0 Å². The molecular weight excluding hydrogens is 214 g/mol. The van der Waals surface area contributed by atoms with Gasteiger partial charge in [0, 0.05) is 0 Å². The molecule has 3 heteroatoms. The first-order valence-corrected chi connectivity index (χ1v) is 6.75. The van der Waals surface area contributed by atoms with Crippen LogP contribution < -0.4 is 5.73 Å². The van der Waals surface area contributed by atoms with Crippen molar-refractivity contribution in [2.24, 2.45) is 28.9 Å². The summed E-state index contributed by atoms with van der Waals surface area (Å²) < 4.78 is 0. The van der Waals surface area contributed by atoms with Crippen molar-refractivity contribution in [2.45, 2.75) is 59.4 Å². The minimum atomic E-state index is -0.874. The summed E-state index contributed by atoms with van der Waals surface area (Å²) in [5.41, 5.74) is 5.52. The highest BCUT2D eigenvalue weighted by molar-refractivity contribution is 5.74. The van der Waals surface area contributed by atoms with Gasteiger partial charge < -0.3 is 10.8 Å². The van der Waals surface area contributed by atoms with Gasteiger partial charge in [-0.2, -0.15) is 0 Å². The monoisotopic (exact) mass is 241 g/mol. The Morgan fingerprint density at radius 1 is 1.24 bits per heavy atom. The Morgan fingerprint density at radius 3 is 2.06 bits per heavy atom. The zero-order chi connectivity index (χ0) is 13.2. The molecule has 3 N–H and O–H groups in total. The van der Waals surface area contributed by atoms with E-state index in [0.717, 1.165) is 24.7 Å². The number of carboxylic acid groups (broad SMARTS) is 1. The third kappa shape index (κ3) is 3.21. The number of carbonyl (C=O) groups is 1. The molecule has 0 aromatic heterocycles. The van der Waals surface area contributed by atoms with Crippen molar-refractivity contribution in [2.75, 3.05) is 0 Å². The lowest BCUT2D eigenvalue weighted by atomic mass is 9.64. The molecule has 100 valence electrons. The van der Waals surface area contributed by atoms with E-state index in [0.29, 0.717) is 5.92 Å². The number of hydrogen-bond donors (Lipinski definition) is 2. The summed E-state index contributed by atoms with van der Waals surface area (Å²) >= 11 is 0. The van der Waals surface area contributed by atoms with Gasteiger partial charge in [-0.25, -0.2) is 0 Å². The van der Waals surface area contributed by atoms with Crippen LogP contribution in [0.4, 0.5) is 0 Å². The van der Waals surface area contributed by atoms with Gasteiger partial charge in [0.2, 0.25) is 0 Å². The molecule has 0 saturated heterocycles. The number of nitrogens with two attached hydrogens (primary N) is 1. The third-order valence-corrected chi connectivity index (χ3v) is 4.83. The van der Waals surface area contributed by atoms with E-state index in [9.17, 15) is 4.79 Å². The molecule has 0 radical (unpaired) electrons. The standard InChI is InChI=1S/C14H27NO2/c1-9(2)10-5-7-11(8-6-10)14(3,4)12(15)13(16)17/h9-12H,5-8,15H2,1-4H3,(H,16,17). The van der Waals surface area contributed by atoms with Gasteiger partial charge in [0.25, 0.3) is 0 Å². The van der Waals surface area contributed by atoms with Crippen molar-refractivity contribution < 1.29 is 9.90 Å². The average Bonchev–Trinajstić information content (AvgIpc) is 2.27. The van der Waals surface area contributed by atoms with Crippen LogP contribution in [-0.2, 0) is 4.79 Å². The second kappa shape index (κ2) is 5.38. The molecule has 0 aliphatic heterocycles. The fourth-order valence-electron chi connectivity index (χ4n) is 3.10. The van der Waals surface area contributed by atoms with Gasteiger partial charge in [0.05, 0.1) is 0 Å². The van der Waals surface area contributed by atoms with Crippen molar-refractivity contribution >= 4 is 5.97 Å². The first-order chi connectivity index (χ1) is 7.76. The summed E-state index contributed by atoms with van der Waals surface area (Å²) in [7, 11) is 0. The normalized spacial score (nSPS) is 28.1. The van der Waals surface area contributed by atoms with Crippen LogP contribution in [0.25, 0.3) is 0 Å². The SMILES string of the molecule is CC(C)C1CCC(C(C)(C)C(N)C(=O)O)CC1. The highest BCUT2D eigenvalue weighted by Crippen LogP contribution is 2.43. The Hall–Kier alpha value is -0.570. The van der Waals surface area contributed by atoms with Crippen LogP contribution >= 0.6 is 0 Å². The maximum absolute atomic E-state index is 11.0. The zero-order valence-corrected chi connectivity index (χ0v) is 11.6. The molecule has 3 nitrogen and oxygen atoms in total. The summed E-state index contributed by atoms with van der Waals surface area (Å²) in [6, 6.07) is -0.747. The largest absolute Gasteiger partial charge is 0.480 e. The fourth-order valence-corrected chi connectivity index (χ4v) is 3.10. The quantitative estimate of drug-likeness (QED) is 0.795. The molecule has 0 amide bonds.